The highest BCUT2D eigenvalue weighted by atomic mass is 16.2. The highest BCUT2D eigenvalue weighted by molar-refractivity contribution is 5.92. The quantitative estimate of drug-likeness (QED) is 0.783. The van der Waals surface area contributed by atoms with Crippen molar-refractivity contribution in [3.05, 3.63) is 24.0 Å². The molecule has 1 aliphatic carbocycles. The third-order valence-corrected chi connectivity index (χ3v) is 3.31. The summed E-state index contributed by atoms with van der Waals surface area (Å²) in [6.07, 6.45) is 6.22. The Bertz CT molecular complexity index is 372. The van der Waals surface area contributed by atoms with Gasteiger partial charge in [-0.05, 0) is 25.0 Å². The zero-order valence-corrected chi connectivity index (χ0v) is 9.65. The minimum atomic E-state index is -0.0187. The Morgan fingerprint density at radius 2 is 2.25 bits per heavy atom. The smallest absolute Gasteiger partial charge is 0.268 e. The van der Waals surface area contributed by atoms with Crippen LogP contribution in [0.15, 0.2) is 18.3 Å². The summed E-state index contributed by atoms with van der Waals surface area (Å²) in [7, 11) is 1.87. The van der Waals surface area contributed by atoms with Gasteiger partial charge in [-0.3, -0.25) is 4.79 Å². The highest BCUT2D eigenvalue weighted by Crippen LogP contribution is 2.17. The summed E-state index contributed by atoms with van der Waals surface area (Å²) < 4.78 is 1.82. The first kappa shape index (κ1) is 11.2. The lowest BCUT2D eigenvalue weighted by Gasteiger charge is -2.29. The van der Waals surface area contributed by atoms with Gasteiger partial charge in [0, 0.05) is 25.3 Å². The molecule has 2 atom stereocenters. The van der Waals surface area contributed by atoms with Crippen LogP contribution in [0.5, 0.6) is 0 Å². The Morgan fingerprint density at radius 1 is 1.50 bits per heavy atom. The lowest BCUT2D eigenvalue weighted by molar-refractivity contribution is 0.0913. The Balaban J connectivity index is 1.99. The standard InChI is InChI=1S/C12H19N3O/c1-15-8-4-7-11(15)12(16)14-10-6-3-2-5-9(10)13/h4,7-10H,2-3,5-6,13H2,1H3,(H,14,16)/t9-,10-/m1/s1. The van der Waals surface area contributed by atoms with Crippen molar-refractivity contribution in [3.8, 4) is 0 Å². The number of amides is 1. The largest absolute Gasteiger partial charge is 0.347 e. The van der Waals surface area contributed by atoms with Crippen LogP contribution in [0.3, 0.4) is 0 Å². The summed E-state index contributed by atoms with van der Waals surface area (Å²) in [5.74, 6) is -0.0187. The van der Waals surface area contributed by atoms with Gasteiger partial charge in [-0.25, -0.2) is 0 Å². The number of aryl methyl sites for hydroxylation is 1. The van der Waals surface area contributed by atoms with Crippen molar-refractivity contribution in [2.24, 2.45) is 12.8 Å². The van der Waals surface area contributed by atoms with E-state index in [4.69, 9.17) is 5.73 Å². The lowest BCUT2D eigenvalue weighted by atomic mass is 9.91. The van der Waals surface area contributed by atoms with Crippen LogP contribution in [-0.2, 0) is 7.05 Å². The molecule has 1 aromatic heterocycles. The third kappa shape index (κ3) is 2.27. The molecule has 2 rings (SSSR count). The van der Waals surface area contributed by atoms with Crippen LogP contribution in [0.1, 0.15) is 36.2 Å². The van der Waals surface area contributed by atoms with Gasteiger partial charge in [-0.15, -0.1) is 0 Å². The fourth-order valence-electron chi connectivity index (χ4n) is 2.28. The summed E-state index contributed by atoms with van der Waals surface area (Å²) in [4.78, 5) is 12.0. The van der Waals surface area contributed by atoms with E-state index in [0.29, 0.717) is 5.69 Å². The number of nitrogens with zero attached hydrogens (tertiary/aromatic N) is 1. The Morgan fingerprint density at radius 3 is 2.88 bits per heavy atom. The fraction of sp³-hybridized carbons (Fsp3) is 0.583. The highest BCUT2D eigenvalue weighted by Gasteiger charge is 2.24. The molecule has 4 nitrogen and oxygen atoms in total. The number of hydrogen-bond acceptors (Lipinski definition) is 2. The molecule has 0 saturated heterocycles. The molecule has 1 saturated carbocycles. The molecular formula is C12H19N3O. The van der Waals surface area contributed by atoms with Crippen molar-refractivity contribution >= 4 is 5.91 Å². The van der Waals surface area contributed by atoms with Crippen molar-refractivity contribution < 1.29 is 4.79 Å². The summed E-state index contributed by atoms with van der Waals surface area (Å²) in [6, 6.07) is 3.94. The van der Waals surface area contributed by atoms with Crippen LogP contribution in [0.25, 0.3) is 0 Å². The molecule has 0 radical (unpaired) electrons. The summed E-state index contributed by atoms with van der Waals surface area (Å²) >= 11 is 0. The first-order valence-corrected chi connectivity index (χ1v) is 5.86. The second-order valence-electron chi connectivity index (χ2n) is 4.53. The molecule has 4 heteroatoms. The maximum Gasteiger partial charge on any atom is 0.268 e. The maximum atomic E-state index is 12.0. The Labute approximate surface area is 95.8 Å². The lowest BCUT2D eigenvalue weighted by Crippen LogP contribution is -2.49. The Hall–Kier alpha value is -1.29. The van der Waals surface area contributed by atoms with Crippen LogP contribution >= 0.6 is 0 Å². The number of hydrogen-bond donors (Lipinski definition) is 2. The molecule has 0 aliphatic heterocycles. The van der Waals surface area contributed by atoms with E-state index in [0.717, 1.165) is 19.3 Å². The predicted molar refractivity (Wildman–Crippen MR) is 63.1 cm³/mol. The van der Waals surface area contributed by atoms with E-state index in [-0.39, 0.29) is 18.0 Å². The van der Waals surface area contributed by atoms with E-state index in [1.165, 1.54) is 6.42 Å². The van der Waals surface area contributed by atoms with Gasteiger partial charge in [0.15, 0.2) is 0 Å². The van der Waals surface area contributed by atoms with E-state index in [1.54, 1.807) is 0 Å². The van der Waals surface area contributed by atoms with Gasteiger partial charge < -0.3 is 15.6 Å². The molecule has 1 aromatic rings. The van der Waals surface area contributed by atoms with Gasteiger partial charge in [0.2, 0.25) is 0 Å². The molecule has 0 unspecified atom stereocenters. The van der Waals surface area contributed by atoms with Crippen LogP contribution < -0.4 is 11.1 Å². The summed E-state index contributed by atoms with van der Waals surface area (Å²) in [6.45, 7) is 0. The molecule has 3 N–H and O–H groups in total. The SMILES string of the molecule is Cn1cccc1C(=O)N[C@@H]1CCCC[C@H]1N. The molecule has 0 spiro atoms. The molecule has 1 amide bonds. The van der Waals surface area contributed by atoms with Crippen molar-refractivity contribution in [2.45, 2.75) is 37.8 Å². The molecule has 0 aromatic carbocycles. The second-order valence-corrected chi connectivity index (χ2v) is 4.53. The maximum absolute atomic E-state index is 12.0. The molecule has 88 valence electrons. The predicted octanol–water partition coefficient (Wildman–Crippen LogP) is 1.02. The van der Waals surface area contributed by atoms with Crippen molar-refractivity contribution in [3.63, 3.8) is 0 Å². The van der Waals surface area contributed by atoms with E-state index in [9.17, 15) is 4.79 Å². The van der Waals surface area contributed by atoms with E-state index < -0.39 is 0 Å². The number of rotatable bonds is 2. The Kier molecular flexibility index (Phi) is 3.29. The first-order chi connectivity index (χ1) is 7.68. The molecule has 16 heavy (non-hydrogen) atoms. The van der Waals surface area contributed by atoms with E-state index in [1.807, 2.05) is 29.9 Å². The fourth-order valence-corrected chi connectivity index (χ4v) is 2.28. The summed E-state index contributed by atoms with van der Waals surface area (Å²) in [5, 5.41) is 3.03. The van der Waals surface area contributed by atoms with E-state index >= 15 is 0 Å². The van der Waals surface area contributed by atoms with Gasteiger partial charge in [-0.2, -0.15) is 0 Å². The van der Waals surface area contributed by atoms with Crippen molar-refractivity contribution in [1.29, 1.82) is 0 Å². The van der Waals surface area contributed by atoms with E-state index in [2.05, 4.69) is 5.32 Å². The van der Waals surface area contributed by atoms with Crippen LogP contribution in [0.4, 0.5) is 0 Å². The van der Waals surface area contributed by atoms with Gasteiger partial charge >= 0.3 is 0 Å². The normalized spacial score (nSPS) is 25.4. The molecule has 0 bridgehead atoms. The number of aromatic nitrogens is 1. The summed E-state index contributed by atoms with van der Waals surface area (Å²) in [5.41, 5.74) is 6.69. The number of carbonyl (C=O) groups excluding carboxylic acids is 1. The number of carbonyl (C=O) groups is 1. The van der Waals surface area contributed by atoms with Crippen molar-refractivity contribution in [1.82, 2.24) is 9.88 Å². The molecule has 1 aliphatic rings. The molecule has 1 heterocycles. The zero-order chi connectivity index (χ0) is 11.5. The minimum absolute atomic E-state index is 0.0187. The molecule has 1 fully saturated rings. The van der Waals surface area contributed by atoms with Gasteiger partial charge in [0.1, 0.15) is 5.69 Å². The average Bonchev–Trinajstić information content (AvgIpc) is 2.68. The van der Waals surface area contributed by atoms with Crippen molar-refractivity contribution in [2.75, 3.05) is 0 Å². The van der Waals surface area contributed by atoms with Crippen LogP contribution in [0, 0.1) is 0 Å². The number of nitrogens with one attached hydrogen (secondary N) is 1. The minimum Gasteiger partial charge on any atom is -0.347 e. The van der Waals surface area contributed by atoms with Gasteiger partial charge in [0.05, 0.1) is 0 Å². The first-order valence-electron chi connectivity index (χ1n) is 5.86. The molecular weight excluding hydrogens is 202 g/mol. The van der Waals surface area contributed by atoms with Crippen LogP contribution in [0.2, 0.25) is 0 Å². The average molecular weight is 221 g/mol. The third-order valence-electron chi connectivity index (χ3n) is 3.31. The van der Waals surface area contributed by atoms with Gasteiger partial charge in [-0.1, -0.05) is 12.8 Å². The monoisotopic (exact) mass is 221 g/mol. The zero-order valence-electron chi connectivity index (χ0n) is 9.65. The number of nitrogens with two attached hydrogens (primary N) is 1. The second kappa shape index (κ2) is 4.70. The van der Waals surface area contributed by atoms with Crippen LogP contribution in [-0.4, -0.2) is 22.6 Å². The topological polar surface area (TPSA) is 60.0 Å². The van der Waals surface area contributed by atoms with Gasteiger partial charge in [0.25, 0.3) is 5.91 Å².